The highest BCUT2D eigenvalue weighted by atomic mass is 32.2. The molecule has 0 unspecified atom stereocenters. The molecule has 0 fully saturated rings. The molecule has 3 aromatic rings. The second kappa shape index (κ2) is 7.77. The van der Waals surface area contributed by atoms with E-state index in [0.29, 0.717) is 16.5 Å². The molecule has 0 spiro atoms. The van der Waals surface area contributed by atoms with Crippen molar-refractivity contribution in [2.24, 2.45) is 5.10 Å². The molecule has 7 heteroatoms. The van der Waals surface area contributed by atoms with Gasteiger partial charge in [-0.05, 0) is 31.2 Å². The van der Waals surface area contributed by atoms with Crippen molar-refractivity contribution in [3.63, 3.8) is 0 Å². The summed E-state index contributed by atoms with van der Waals surface area (Å²) in [5.41, 5.74) is 3.49. The number of carbonyl (C=O) groups is 1. The van der Waals surface area contributed by atoms with Gasteiger partial charge in [-0.2, -0.15) is 10.1 Å². The average molecular weight is 409 g/mol. The van der Waals surface area contributed by atoms with E-state index in [0.717, 1.165) is 20.8 Å². The van der Waals surface area contributed by atoms with Crippen molar-refractivity contribution in [1.29, 1.82) is 0 Å². The SMILES string of the molecule is Cc1ccc(SCC2=NN(c3nc4ccccc4s3)C(=O)/C2=C\N(C)C)cc1. The largest absolute Gasteiger partial charge is 0.383 e. The van der Waals surface area contributed by atoms with Crippen molar-refractivity contribution in [3.8, 4) is 0 Å². The summed E-state index contributed by atoms with van der Waals surface area (Å²) in [7, 11) is 3.82. The Morgan fingerprint density at radius 3 is 2.61 bits per heavy atom. The van der Waals surface area contributed by atoms with Crippen molar-refractivity contribution in [1.82, 2.24) is 9.88 Å². The van der Waals surface area contributed by atoms with Crippen LogP contribution in [-0.4, -0.2) is 41.4 Å². The van der Waals surface area contributed by atoms with E-state index in [4.69, 9.17) is 0 Å². The van der Waals surface area contributed by atoms with Gasteiger partial charge in [0.2, 0.25) is 5.13 Å². The van der Waals surface area contributed by atoms with Crippen LogP contribution in [0.5, 0.6) is 0 Å². The van der Waals surface area contributed by atoms with Crippen LogP contribution < -0.4 is 5.01 Å². The lowest BCUT2D eigenvalue weighted by Gasteiger charge is -2.09. The number of fused-ring (bicyclic) bond motifs is 1. The summed E-state index contributed by atoms with van der Waals surface area (Å²) in [5, 5.41) is 6.67. The molecule has 0 radical (unpaired) electrons. The van der Waals surface area contributed by atoms with Crippen LogP contribution >= 0.6 is 23.1 Å². The van der Waals surface area contributed by atoms with Gasteiger partial charge in [-0.25, -0.2) is 4.98 Å². The molecule has 0 N–H and O–H groups in total. The third-order valence-electron chi connectivity index (χ3n) is 4.20. The molecule has 28 heavy (non-hydrogen) atoms. The molecule has 1 aromatic heterocycles. The molecule has 0 atom stereocenters. The van der Waals surface area contributed by atoms with Crippen molar-refractivity contribution in [3.05, 3.63) is 65.9 Å². The summed E-state index contributed by atoms with van der Waals surface area (Å²) in [6.07, 6.45) is 1.84. The lowest BCUT2D eigenvalue weighted by molar-refractivity contribution is -0.114. The van der Waals surface area contributed by atoms with Crippen molar-refractivity contribution >= 4 is 50.1 Å². The Kier molecular flexibility index (Phi) is 5.19. The van der Waals surface area contributed by atoms with E-state index in [-0.39, 0.29) is 5.91 Å². The fourth-order valence-corrected chi connectivity index (χ4v) is 4.58. The van der Waals surface area contributed by atoms with Gasteiger partial charge < -0.3 is 4.90 Å². The molecular formula is C21H20N4OS2. The van der Waals surface area contributed by atoms with E-state index in [1.54, 1.807) is 11.8 Å². The number of para-hydroxylation sites is 1. The first-order valence-electron chi connectivity index (χ1n) is 8.87. The number of carbonyl (C=O) groups excluding carboxylic acids is 1. The molecule has 2 heterocycles. The standard InChI is InChI=1S/C21H20N4OS2/c1-14-8-10-15(11-9-14)27-13-18-16(12-24(2)3)20(26)25(23-18)21-22-17-6-4-5-7-19(17)28-21/h4-12H,13H2,1-3H3/b16-12-. The fraction of sp³-hybridized carbons (Fsp3) is 0.190. The first-order chi connectivity index (χ1) is 13.5. The Hall–Kier alpha value is -2.64. The summed E-state index contributed by atoms with van der Waals surface area (Å²) >= 11 is 3.15. The zero-order valence-electron chi connectivity index (χ0n) is 15.9. The molecule has 0 aliphatic carbocycles. The molecule has 1 aliphatic rings. The number of hydrazone groups is 1. The van der Waals surface area contributed by atoms with Gasteiger partial charge in [0.15, 0.2) is 0 Å². The number of aryl methyl sites for hydroxylation is 1. The number of anilines is 1. The molecule has 5 nitrogen and oxygen atoms in total. The molecule has 2 aromatic carbocycles. The van der Waals surface area contributed by atoms with E-state index in [1.165, 1.54) is 21.9 Å². The minimum atomic E-state index is -0.132. The summed E-state index contributed by atoms with van der Waals surface area (Å²) in [6, 6.07) is 16.2. The fourth-order valence-electron chi connectivity index (χ4n) is 2.82. The first kappa shape index (κ1) is 18.7. The number of thioether (sulfide) groups is 1. The second-order valence-corrected chi connectivity index (χ2v) is 8.79. The molecule has 0 bridgehead atoms. The smallest absolute Gasteiger partial charge is 0.284 e. The second-order valence-electron chi connectivity index (χ2n) is 6.74. The van der Waals surface area contributed by atoms with Crippen LogP contribution in [0.25, 0.3) is 10.2 Å². The van der Waals surface area contributed by atoms with E-state index in [2.05, 4.69) is 41.3 Å². The lowest BCUT2D eigenvalue weighted by Crippen LogP contribution is -2.22. The average Bonchev–Trinajstić information content (AvgIpc) is 3.23. The molecule has 0 saturated heterocycles. The Morgan fingerprint density at radius 1 is 1.14 bits per heavy atom. The number of hydrogen-bond acceptors (Lipinski definition) is 6. The molecular weight excluding hydrogens is 388 g/mol. The van der Waals surface area contributed by atoms with E-state index in [1.807, 2.05) is 49.5 Å². The normalized spacial score (nSPS) is 15.5. The third-order valence-corrected chi connectivity index (χ3v) is 6.24. The summed E-state index contributed by atoms with van der Waals surface area (Å²) in [4.78, 5) is 20.7. The van der Waals surface area contributed by atoms with Gasteiger partial charge in [0.1, 0.15) is 0 Å². The van der Waals surface area contributed by atoms with E-state index >= 15 is 0 Å². The number of rotatable bonds is 5. The van der Waals surface area contributed by atoms with Crippen LogP contribution in [0, 0.1) is 6.92 Å². The number of benzene rings is 2. The highest BCUT2D eigenvalue weighted by molar-refractivity contribution is 8.00. The highest BCUT2D eigenvalue weighted by Gasteiger charge is 2.33. The van der Waals surface area contributed by atoms with Gasteiger partial charge in [0.25, 0.3) is 5.91 Å². The van der Waals surface area contributed by atoms with Gasteiger partial charge in [-0.15, -0.1) is 11.8 Å². The van der Waals surface area contributed by atoms with Crippen molar-refractivity contribution < 1.29 is 4.79 Å². The van der Waals surface area contributed by atoms with Crippen LogP contribution in [0.4, 0.5) is 5.13 Å². The molecule has 4 rings (SSSR count). The first-order valence-corrected chi connectivity index (χ1v) is 10.7. The van der Waals surface area contributed by atoms with Gasteiger partial charge >= 0.3 is 0 Å². The summed E-state index contributed by atoms with van der Waals surface area (Å²) < 4.78 is 1.04. The van der Waals surface area contributed by atoms with Crippen LogP contribution in [-0.2, 0) is 4.79 Å². The number of amides is 1. The Bertz CT molecular complexity index is 1050. The number of hydrogen-bond donors (Lipinski definition) is 0. The van der Waals surface area contributed by atoms with E-state index < -0.39 is 0 Å². The lowest BCUT2D eigenvalue weighted by atomic mass is 10.2. The maximum atomic E-state index is 13.1. The monoisotopic (exact) mass is 408 g/mol. The minimum absolute atomic E-state index is 0.132. The molecule has 0 saturated carbocycles. The number of aromatic nitrogens is 1. The highest BCUT2D eigenvalue weighted by Crippen LogP contribution is 2.33. The third kappa shape index (κ3) is 3.81. The summed E-state index contributed by atoms with van der Waals surface area (Å²) in [5.74, 6) is 0.489. The predicted octanol–water partition coefficient (Wildman–Crippen LogP) is 4.55. The van der Waals surface area contributed by atoms with Gasteiger partial charge in [0, 0.05) is 30.9 Å². The maximum Gasteiger partial charge on any atom is 0.284 e. The Balaban J connectivity index is 1.63. The van der Waals surface area contributed by atoms with Crippen LogP contribution in [0.3, 0.4) is 0 Å². The molecule has 142 valence electrons. The Labute approximate surface area is 172 Å². The van der Waals surface area contributed by atoms with Gasteiger partial charge in [-0.1, -0.05) is 41.2 Å². The number of nitrogens with zero attached hydrogens (tertiary/aromatic N) is 4. The van der Waals surface area contributed by atoms with Crippen LogP contribution in [0.15, 0.2) is 70.3 Å². The van der Waals surface area contributed by atoms with Crippen molar-refractivity contribution in [2.75, 3.05) is 24.9 Å². The quantitative estimate of drug-likeness (QED) is 0.459. The minimum Gasteiger partial charge on any atom is -0.383 e. The molecule has 1 amide bonds. The van der Waals surface area contributed by atoms with Crippen LogP contribution in [0.2, 0.25) is 0 Å². The molecule has 1 aliphatic heterocycles. The predicted molar refractivity (Wildman–Crippen MR) is 118 cm³/mol. The van der Waals surface area contributed by atoms with Crippen LogP contribution in [0.1, 0.15) is 5.56 Å². The summed E-state index contributed by atoms with van der Waals surface area (Å²) in [6.45, 7) is 2.07. The van der Waals surface area contributed by atoms with E-state index in [9.17, 15) is 4.79 Å². The number of thiazole rings is 1. The van der Waals surface area contributed by atoms with Gasteiger partial charge in [0.05, 0.1) is 21.5 Å². The zero-order chi connectivity index (χ0) is 19.7. The van der Waals surface area contributed by atoms with Crippen molar-refractivity contribution in [2.45, 2.75) is 11.8 Å². The maximum absolute atomic E-state index is 13.1. The van der Waals surface area contributed by atoms with Gasteiger partial charge in [-0.3, -0.25) is 4.79 Å². The topological polar surface area (TPSA) is 48.8 Å². The Morgan fingerprint density at radius 2 is 1.89 bits per heavy atom. The zero-order valence-corrected chi connectivity index (χ0v) is 17.5.